The van der Waals surface area contributed by atoms with E-state index in [9.17, 15) is 0 Å². The van der Waals surface area contributed by atoms with Crippen molar-refractivity contribution < 1.29 is 4.74 Å². The summed E-state index contributed by atoms with van der Waals surface area (Å²) < 4.78 is 11.1. The summed E-state index contributed by atoms with van der Waals surface area (Å²) in [5.41, 5.74) is 2.65. The molecule has 0 aliphatic heterocycles. The summed E-state index contributed by atoms with van der Waals surface area (Å²) in [5, 5.41) is 0. The molecular formula is C25H20OSe2. The number of ether oxygens (including phenoxy) is 1. The van der Waals surface area contributed by atoms with Crippen LogP contribution in [0.4, 0.5) is 0 Å². The summed E-state index contributed by atoms with van der Waals surface area (Å²) in [4.78, 5) is 0. The van der Waals surface area contributed by atoms with Gasteiger partial charge in [0.15, 0.2) is 0 Å². The minimum atomic E-state index is 0.220. The van der Waals surface area contributed by atoms with Gasteiger partial charge >= 0.3 is 180 Å². The summed E-state index contributed by atoms with van der Waals surface area (Å²) in [5.74, 6) is 0.919. The van der Waals surface area contributed by atoms with Crippen LogP contribution in [0.2, 0.25) is 0 Å². The molecule has 0 bridgehead atoms. The second-order valence-corrected chi connectivity index (χ2v) is 10.9. The summed E-state index contributed by atoms with van der Waals surface area (Å²) in [6, 6.07) is 36.8. The molecule has 0 radical (unpaired) electrons. The molecule has 3 heteroatoms. The van der Waals surface area contributed by atoms with Gasteiger partial charge in [-0.2, -0.15) is 0 Å². The molecule has 0 aliphatic carbocycles. The summed E-state index contributed by atoms with van der Waals surface area (Å²) >= 11 is 0.493. The summed E-state index contributed by atoms with van der Waals surface area (Å²) in [7, 11) is 1.74. The minimum absolute atomic E-state index is 0.220. The zero-order valence-electron chi connectivity index (χ0n) is 15.5. The Hall–Kier alpha value is -2.28. The van der Waals surface area contributed by atoms with E-state index in [1.165, 1.54) is 29.0 Å². The number of methoxy groups -OCH3 is 1. The van der Waals surface area contributed by atoms with Crippen LogP contribution in [-0.4, -0.2) is 37.0 Å². The molecule has 4 aromatic carbocycles. The van der Waals surface area contributed by atoms with Crippen LogP contribution in [0.3, 0.4) is 0 Å². The Morgan fingerprint density at radius 3 is 1.71 bits per heavy atom. The van der Waals surface area contributed by atoms with Crippen LogP contribution in [0.25, 0.3) is 11.1 Å². The first-order valence-electron chi connectivity index (χ1n) is 9.07. The van der Waals surface area contributed by atoms with Crippen LogP contribution in [0.15, 0.2) is 103 Å². The van der Waals surface area contributed by atoms with Crippen molar-refractivity contribution in [3.05, 3.63) is 103 Å². The van der Waals surface area contributed by atoms with Gasteiger partial charge in [0, 0.05) is 0 Å². The number of rotatable bonds is 6. The average Bonchev–Trinajstić information content (AvgIpc) is 2.76. The Morgan fingerprint density at radius 2 is 1.07 bits per heavy atom. The molecule has 0 aromatic heterocycles. The van der Waals surface area contributed by atoms with Gasteiger partial charge in [-0.05, 0) is 0 Å². The monoisotopic (exact) mass is 496 g/mol. The number of benzene rings is 4. The van der Waals surface area contributed by atoms with E-state index in [0.29, 0.717) is 0 Å². The molecule has 4 aromatic rings. The molecule has 0 N–H and O–H groups in total. The average molecular weight is 494 g/mol. The van der Waals surface area contributed by atoms with E-state index in [2.05, 4.69) is 103 Å². The molecule has 0 fully saturated rings. The first kappa shape index (κ1) is 19.1. The van der Waals surface area contributed by atoms with Crippen molar-refractivity contribution >= 4 is 47.8 Å². The fourth-order valence-corrected chi connectivity index (χ4v) is 7.12. The Morgan fingerprint density at radius 1 is 0.536 bits per heavy atom. The van der Waals surface area contributed by atoms with Crippen LogP contribution >= 0.6 is 0 Å². The van der Waals surface area contributed by atoms with Gasteiger partial charge in [0.25, 0.3) is 0 Å². The maximum atomic E-state index is 5.52. The van der Waals surface area contributed by atoms with Crippen molar-refractivity contribution in [2.75, 3.05) is 7.11 Å². The molecule has 0 saturated carbocycles. The van der Waals surface area contributed by atoms with Gasteiger partial charge in [0.05, 0.1) is 0 Å². The molecule has 4 rings (SSSR count). The van der Waals surface area contributed by atoms with Crippen LogP contribution in [0, 0.1) is 0 Å². The van der Waals surface area contributed by atoms with Gasteiger partial charge in [-0.1, -0.05) is 0 Å². The third-order valence-electron chi connectivity index (χ3n) is 4.31. The molecule has 0 heterocycles. The van der Waals surface area contributed by atoms with Crippen molar-refractivity contribution in [2.24, 2.45) is 0 Å². The predicted octanol–water partition coefficient (Wildman–Crippen LogP) is 2.67. The van der Waals surface area contributed by atoms with Gasteiger partial charge in [0.1, 0.15) is 0 Å². The van der Waals surface area contributed by atoms with Crippen molar-refractivity contribution in [3.8, 4) is 16.9 Å². The van der Waals surface area contributed by atoms with Gasteiger partial charge in [-0.15, -0.1) is 0 Å². The fourth-order valence-electron chi connectivity index (χ4n) is 2.95. The van der Waals surface area contributed by atoms with E-state index < -0.39 is 0 Å². The second kappa shape index (κ2) is 9.28. The Labute approximate surface area is 179 Å². The van der Waals surface area contributed by atoms with Gasteiger partial charge in [-0.3, -0.25) is 0 Å². The normalized spacial score (nSPS) is 10.6. The Balaban J connectivity index is 1.77. The van der Waals surface area contributed by atoms with Crippen molar-refractivity contribution in [2.45, 2.75) is 0 Å². The summed E-state index contributed by atoms with van der Waals surface area (Å²) in [6.07, 6.45) is 0. The maximum absolute atomic E-state index is 5.52. The molecule has 138 valence electrons. The molecular weight excluding hydrogens is 474 g/mol. The van der Waals surface area contributed by atoms with E-state index in [1.54, 1.807) is 7.11 Å². The van der Waals surface area contributed by atoms with E-state index >= 15 is 0 Å². The molecule has 0 unspecified atom stereocenters. The van der Waals surface area contributed by atoms with Crippen molar-refractivity contribution in [1.82, 2.24) is 0 Å². The predicted molar refractivity (Wildman–Crippen MR) is 121 cm³/mol. The van der Waals surface area contributed by atoms with Gasteiger partial charge in [-0.25, -0.2) is 0 Å². The quantitative estimate of drug-likeness (QED) is 0.375. The van der Waals surface area contributed by atoms with Gasteiger partial charge in [0.2, 0.25) is 0 Å². The Bertz CT molecular complexity index is 1050. The first-order chi connectivity index (χ1) is 13.8. The molecule has 0 amide bonds. The molecule has 28 heavy (non-hydrogen) atoms. The fraction of sp³-hybridized carbons (Fsp3) is 0.0400. The number of hydrogen-bond acceptors (Lipinski definition) is 1. The molecule has 1 nitrogen and oxygen atoms in total. The second-order valence-electron chi connectivity index (χ2n) is 6.19. The third kappa shape index (κ3) is 4.58. The zero-order valence-corrected chi connectivity index (χ0v) is 19.0. The molecule has 0 spiro atoms. The summed E-state index contributed by atoms with van der Waals surface area (Å²) in [6.45, 7) is 0. The zero-order chi connectivity index (χ0) is 19.2. The van der Waals surface area contributed by atoms with E-state index in [1.807, 2.05) is 0 Å². The van der Waals surface area contributed by atoms with Crippen LogP contribution in [0.1, 0.15) is 0 Å². The van der Waals surface area contributed by atoms with Crippen LogP contribution in [-0.2, 0) is 0 Å². The van der Waals surface area contributed by atoms with Crippen LogP contribution in [0.5, 0.6) is 5.75 Å². The Kier molecular flexibility index (Phi) is 6.31. The first-order valence-corrected chi connectivity index (χ1v) is 12.5. The van der Waals surface area contributed by atoms with E-state index in [0.717, 1.165) is 5.75 Å². The van der Waals surface area contributed by atoms with Crippen LogP contribution < -0.4 is 22.6 Å². The third-order valence-corrected chi connectivity index (χ3v) is 8.82. The number of hydrogen-bond donors (Lipinski definition) is 0. The standard InChI is InChI=1S/C25H20OSe2/c1-26-19-16-17-23(25(18-19)28-21-12-6-3-7-13-21)22-14-8-9-15-24(22)27-20-10-4-2-5-11-20/h2-18H,1H3. The topological polar surface area (TPSA) is 9.23 Å². The van der Waals surface area contributed by atoms with Crippen molar-refractivity contribution in [1.29, 1.82) is 0 Å². The molecule has 0 aliphatic rings. The van der Waals surface area contributed by atoms with E-state index in [-0.39, 0.29) is 29.9 Å². The van der Waals surface area contributed by atoms with E-state index in [4.69, 9.17) is 4.74 Å². The van der Waals surface area contributed by atoms with Crippen molar-refractivity contribution in [3.63, 3.8) is 0 Å². The van der Waals surface area contributed by atoms with Gasteiger partial charge < -0.3 is 0 Å². The SMILES string of the molecule is COc1ccc(-c2ccccc2[Se]c2ccccc2)c([Se]c2ccccc2)c1. The molecule has 0 atom stereocenters. The molecule has 0 saturated heterocycles.